The highest BCUT2D eigenvalue weighted by molar-refractivity contribution is 6.30. The highest BCUT2D eigenvalue weighted by Crippen LogP contribution is 2.31. The lowest BCUT2D eigenvalue weighted by Crippen LogP contribution is -2.23. The molecular formula is C21H23ClN4. The number of hydrogen-bond donors (Lipinski definition) is 0. The van der Waals surface area contributed by atoms with Crippen LogP contribution in [0.1, 0.15) is 50.7 Å². The lowest BCUT2D eigenvalue weighted by atomic mass is 9.84. The normalized spacial score (nSPS) is 11.7. The van der Waals surface area contributed by atoms with Crippen LogP contribution in [0.4, 0.5) is 0 Å². The van der Waals surface area contributed by atoms with Crippen LogP contribution in [-0.2, 0) is 13.0 Å². The molecule has 0 atom stereocenters. The Morgan fingerprint density at radius 3 is 2.50 bits per heavy atom. The lowest BCUT2D eigenvalue weighted by Gasteiger charge is -2.28. The first-order valence-electron chi connectivity index (χ1n) is 8.97. The van der Waals surface area contributed by atoms with E-state index in [-0.39, 0.29) is 11.2 Å². The molecule has 0 radical (unpaired) electrons. The van der Waals surface area contributed by atoms with Crippen LogP contribution in [0, 0.1) is 16.7 Å². The number of halogens is 1. The molecule has 0 spiro atoms. The Labute approximate surface area is 159 Å². The SMILES string of the molecule is CCC(C)(CC)Cn1c(Cc2ccc(Cl)cc2)cc2cnc(C#N)nc21. The number of benzene rings is 1. The molecular weight excluding hydrogens is 344 g/mol. The number of hydrogen-bond acceptors (Lipinski definition) is 3. The van der Waals surface area contributed by atoms with Gasteiger partial charge in [-0.2, -0.15) is 5.26 Å². The Hall–Kier alpha value is -2.38. The van der Waals surface area contributed by atoms with Crippen LogP contribution in [0.25, 0.3) is 11.0 Å². The number of rotatable bonds is 6. The summed E-state index contributed by atoms with van der Waals surface area (Å²) in [6.07, 6.45) is 4.70. The molecule has 0 aliphatic rings. The van der Waals surface area contributed by atoms with Gasteiger partial charge in [0, 0.05) is 35.3 Å². The van der Waals surface area contributed by atoms with Crippen molar-refractivity contribution in [1.29, 1.82) is 5.26 Å². The molecule has 26 heavy (non-hydrogen) atoms. The molecule has 0 aliphatic heterocycles. The topological polar surface area (TPSA) is 54.5 Å². The van der Waals surface area contributed by atoms with Gasteiger partial charge in [0.1, 0.15) is 11.7 Å². The average Bonchev–Trinajstić information content (AvgIpc) is 2.99. The maximum absolute atomic E-state index is 9.18. The van der Waals surface area contributed by atoms with E-state index in [1.807, 2.05) is 12.1 Å². The van der Waals surface area contributed by atoms with Gasteiger partial charge in [0.25, 0.3) is 0 Å². The fraction of sp³-hybridized carbons (Fsp3) is 0.381. The molecule has 0 aliphatic carbocycles. The molecule has 5 heteroatoms. The zero-order chi connectivity index (χ0) is 18.7. The molecule has 0 bridgehead atoms. The summed E-state index contributed by atoms with van der Waals surface area (Å²) >= 11 is 6.01. The predicted octanol–water partition coefficient (Wildman–Crippen LogP) is 5.37. The van der Waals surface area contributed by atoms with Gasteiger partial charge >= 0.3 is 0 Å². The minimum atomic E-state index is 0.179. The monoisotopic (exact) mass is 366 g/mol. The maximum atomic E-state index is 9.18. The van der Waals surface area contributed by atoms with Crippen molar-refractivity contribution in [3.63, 3.8) is 0 Å². The van der Waals surface area contributed by atoms with Gasteiger partial charge in [-0.1, -0.05) is 44.5 Å². The van der Waals surface area contributed by atoms with Crippen molar-refractivity contribution in [2.24, 2.45) is 5.41 Å². The van der Waals surface area contributed by atoms with Crippen molar-refractivity contribution in [2.45, 2.75) is 46.6 Å². The van der Waals surface area contributed by atoms with Crippen molar-refractivity contribution in [3.05, 3.63) is 58.6 Å². The summed E-state index contributed by atoms with van der Waals surface area (Å²) in [5.41, 5.74) is 3.40. The van der Waals surface area contributed by atoms with E-state index in [0.717, 1.165) is 41.9 Å². The van der Waals surface area contributed by atoms with Gasteiger partial charge in [0.2, 0.25) is 5.82 Å². The Balaban J connectivity index is 2.09. The van der Waals surface area contributed by atoms with Gasteiger partial charge in [-0.15, -0.1) is 0 Å². The largest absolute Gasteiger partial charge is 0.329 e. The Morgan fingerprint density at radius 2 is 1.88 bits per heavy atom. The molecule has 0 saturated carbocycles. The second kappa shape index (κ2) is 7.47. The smallest absolute Gasteiger partial charge is 0.234 e. The Bertz CT molecular complexity index is 947. The van der Waals surface area contributed by atoms with E-state index in [2.05, 4.69) is 59.6 Å². The van der Waals surface area contributed by atoms with Gasteiger partial charge in [-0.05, 0) is 42.0 Å². The number of aromatic nitrogens is 3. The van der Waals surface area contributed by atoms with Crippen LogP contribution in [0.2, 0.25) is 5.02 Å². The zero-order valence-corrected chi connectivity index (χ0v) is 16.2. The van der Waals surface area contributed by atoms with Gasteiger partial charge in [-0.3, -0.25) is 0 Å². The summed E-state index contributed by atoms with van der Waals surface area (Å²) in [7, 11) is 0. The summed E-state index contributed by atoms with van der Waals surface area (Å²) in [4.78, 5) is 8.62. The quantitative estimate of drug-likeness (QED) is 0.589. The maximum Gasteiger partial charge on any atom is 0.234 e. The summed E-state index contributed by atoms with van der Waals surface area (Å²) in [6.45, 7) is 7.62. The molecule has 0 saturated heterocycles. The molecule has 134 valence electrons. The summed E-state index contributed by atoms with van der Waals surface area (Å²) in [6, 6.07) is 12.1. The fourth-order valence-electron chi connectivity index (χ4n) is 3.14. The molecule has 3 rings (SSSR count). The van der Waals surface area contributed by atoms with Gasteiger partial charge < -0.3 is 4.57 Å². The number of nitriles is 1. The number of nitrogens with zero attached hydrogens (tertiary/aromatic N) is 4. The van der Waals surface area contributed by atoms with Crippen LogP contribution in [0.3, 0.4) is 0 Å². The summed E-state index contributed by atoms with van der Waals surface area (Å²) in [5.74, 6) is 0.213. The number of fused-ring (bicyclic) bond motifs is 1. The molecule has 0 fully saturated rings. The third-order valence-corrected chi connectivity index (χ3v) is 5.62. The van der Waals surface area contributed by atoms with Crippen LogP contribution >= 0.6 is 11.6 Å². The van der Waals surface area contributed by atoms with Gasteiger partial charge in [0.15, 0.2) is 0 Å². The molecule has 2 heterocycles. The minimum absolute atomic E-state index is 0.179. The second-order valence-electron chi connectivity index (χ2n) is 7.13. The summed E-state index contributed by atoms with van der Waals surface area (Å²) < 4.78 is 2.26. The van der Waals surface area contributed by atoms with E-state index in [1.54, 1.807) is 6.20 Å². The van der Waals surface area contributed by atoms with Gasteiger partial charge in [-0.25, -0.2) is 9.97 Å². The van der Waals surface area contributed by atoms with Crippen LogP contribution in [0.5, 0.6) is 0 Å². The molecule has 0 unspecified atom stereocenters. The Morgan fingerprint density at radius 1 is 1.19 bits per heavy atom. The second-order valence-corrected chi connectivity index (χ2v) is 7.56. The van der Waals surface area contributed by atoms with E-state index in [9.17, 15) is 5.26 Å². The van der Waals surface area contributed by atoms with Crippen molar-refractivity contribution in [2.75, 3.05) is 0 Å². The molecule has 1 aromatic carbocycles. The molecule has 4 nitrogen and oxygen atoms in total. The minimum Gasteiger partial charge on any atom is -0.329 e. The highest BCUT2D eigenvalue weighted by Gasteiger charge is 2.23. The van der Waals surface area contributed by atoms with E-state index >= 15 is 0 Å². The predicted molar refractivity (Wildman–Crippen MR) is 105 cm³/mol. The molecule has 3 aromatic rings. The average molecular weight is 367 g/mol. The third kappa shape index (κ3) is 3.73. The van der Waals surface area contributed by atoms with Crippen molar-refractivity contribution in [1.82, 2.24) is 14.5 Å². The molecule has 2 aromatic heterocycles. The van der Waals surface area contributed by atoms with Crippen molar-refractivity contribution >= 4 is 22.6 Å². The zero-order valence-electron chi connectivity index (χ0n) is 15.5. The van der Waals surface area contributed by atoms with E-state index in [4.69, 9.17) is 11.6 Å². The standard InChI is InChI=1S/C21H23ClN4/c1-4-21(3,5-2)14-26-18(10-15-6-8-17(22)9-7-15)11-16-13-24-19(12-23)25-20(16)26/h6-9,11,13H,4-5,10,14H2,1-3H3. The Kier molecular flexibility index (Phi) is 5.29. The van der Waals surface area contributed by atoms with Gasteiger partial charge in [0.05, 0.1) is 0 Å². The van der Waals surface area contributed by atoms with Crippen molar-refractivity contribution < 1.29 is 0 Å². The first-order chi connectivity index (χ1) is 12.5. The van der Waals surface area contributed by atoms with Crippen LogP contribution in [0.15, 0.2) is 36.5 Å². The summed E-state index contributed by atoms with van der Waals surface area (Å²) in [5, 5.41) is 10.9. The van der Waals surface area contributed by atoms with E-state index < -0.39 is 0 Å². The lowest BCUT2D eigenvalue weighted by molar-refractivity contribution is 0.250. The first kappa shape index (κ1) is 18.4. The van der Waals surface area contributed by atoms with Crippen LogP contribution < -0.4 is 0 Å². The fourth-order valence-corrected chi connectivity index (χ4v) is 3.26. The third-order valence-electron chi connectivity index (χ3n) is 5.37. The molecule has 0 amide bonds. The van der Waals surface area contributed by atoms with Crippen molar-refractivity contribution in [3.8, 4) is 6.07 Å². The van der Waals surface area contributed by atoms with E-state index in [1.165, 1.54) is 11.3 Å². The first-order valence-corrected chi connectivity index (χ1v) is 9.35. The highest BCUT2D eigenvalue weighted by atomic mass is 35.5. The van der Waals surface area contributed by atoms with E-state index in [0.29, 0.717) is 0 Å². The molecule has 0 N–H and O–H groups in total. The van der Waals surface area contributed by atoms with Crippen LogP contribution in [-0.4, -0.2) is 14.5 Å².